The van der Waals surface area contributed by atoms with Gasteiger partial charge >= 0.3 is 246 Å². The predicted octanol–water partition coefficient (Wildman–Crippen LogP) is 11.1. The van der Waals surface area contributed by atoms with Crippen LogP contribution in [-0.2, 0) is 30.2 Å². The summed E-state index contributed by atoms with van der Waals surface area (Å²) in [6.07, 6.45) is -6.29. The number of hydrogen-bond acceptors (Lipinski definition) is 0. The molecular formula is C32H20Cl2F6Zr. The molecule has 0 heterocycles. The van der Waals surface area contributed by atoms with Gasteiger partial charge in [-0.05, 0) is 0 Å². The van der Waals surface area contributed by atoms with Crippen molar-refractivity contribution in [1.29, 1.82) is 0 Å². The van der Waals surface area contributed by atoms with E-state index in [9.17, 15) is 26.3 Å². The van der Waals surface area contributed by atoms with Crippen LogP contribution in [0.2, 0.25) is 0 Å². The second kappa shape index (κ2) is 10.3. The number of alkyl halides is 6. The van der Waals surface area contributed by atoms with Crippen LogP contribution in [-0.4, -0.2) is 0 Å². The summed E-state index contributed by atoms with van der Waals surface area (Å²) < 4.78 is 81.8. The minimum absolute atomic E-state index is 0.141. The van der Waals surface area contributed by atoms with E-state index in [0.717, 1.165) is 34.4 Å². The van der Waals surface area contributed by atoms with Crippen molar-refractivity contribution >= 4 is 40.3 Å². The summed E-state index contributed by atoms with van der Waals surface area (Å²) in [5.74, 6) is 0. The molecule has 0 saturated carbocycles. The van der Waals surface area contributed by atoms with E-state index in [4.69, 9.17) is 17.0 Å². The molecule has 0 fully saturated rings. The van der Waals surface area contributed by atoms with Crippen LogP contribution in [0.3, 0.4) is 0 Å². The van der Waals surface area contributed by atoms with Crippen LogP contribution < -0.4 is 0 Å². The fraction of sp³-hybridized carbons (Fsp3) is 0.125. The van der Waals surface area contributed by atoms with Crippen molar-refractivity contribution in [3.05, 3.63) is 142 Å². The Morgan fingerprint density at radius 3 is 1.39 bits per heavy atom. The van der Waals surface area contributed by atoms with E-state index in [2.05, 4.69) is 0 Å². The van der Waals surface area contributed by atoms with E-state index in [0.29, 0.717) is 11.1 Å². The van der Waals surface area contributed by atoms with Crippen LogP contribution in [0.1, 0.15) is 51.8 Å². The second-order valence-electron chi connectivity index (χ2n) is 10.2. The zero-order valence-corrected chi connectivity index (χ0v) is 25.0. The molecule has 4 aromatic rings. The van der Waals surface area contributed by atoms with Crippen molar-refractivity contribution < 1.29 is 44.2 Å². The van der Waals surface area contributed by atoms with Gasteiger partial charge in [0.05, 0.1) is 0 Å². The molecule has 0 spiro atoms. The molecule has 208 valence electrons. The van der Waals surface area contributed by atoms with Gasteiger partial charge in [0.15, 0.2) is 0 Å². The number of hydrogen-bond donors (Lipinski definition) is 0. The standard InChI is InChI=1S/C17H9F6.C15H11.2ClH.Zr/c18-16(19,20)14-7-13(8-15(9-14)17(21,22)23)12-5-10-3-1-2-4-11(10)6-12;1-2-6-12(7-3-1)15-10-13-8-4-5-9-14(13)11-15;;;/h1-9H;1-11H;2*1H;/q;;;;+2/p-2. The summed E-state index contributed by atoms with van der Waals surface area (Å²) in [6, 6.07) is 26.1. The number of benzene rings is 4. The van der Waals surface area contributed by atoms with Crippen molar-refractivity contribution in [2.45, 2.75) is 19.6 Å². The Labute approximate surface area is 244 Å². The molecule has 2 aliphatic rings. The van der Waals surface area contributed by atoms with Gasteiger partial charge < -0.3 is 0 Å². The third-order valence-corrected chi connectivity index (χ3v) is 19.7. The summed E-state index contributed by atoms with van der Waals surface area (Å²) in [5.41, 5.74) is 2.39. The monoisotopic (exact) mass is 678 g/mol. The average Bonchev–Trinajstić information content (AvgIpc) is 3.52. The summed E-state index contributed by atoms with van der Waals surface area (Å²) in [7, 11) is 15.2. The molecule has 0 radical (unpaired) electrons. The molecule has 0 N–H and O–H groups in total. The number of allylic oxidation sites excluding steroid dienone is 2. The zero-order chi connectivity index (χ0) is 29.2. The Bertz CT molecular complexity index is 1670. The summed E-state index contributed by atoms with van der Waals surface area (Å²) in [6.45, 7) is 0. The first kappa shape index (κ1) is 28.5. The fourth-order valence-electron chi connectivity index (χ4n) is 5.90. The molecule has 0 nitrogen and oxygen atoms in total. The second-order valence-corrected chi connectivity index (χ2v) is 24.9. The van der Waals surface area contributed by atoms with Crippen LogP contribution in [0.5, 0.6) is 0 Å². The molecule has 2 unspecified atom stereocenters. The Kier molecular flexibility index (Phi) is 7.16. The van der Waals surface area contributed by atoms with E-state index < -0.39 is 48.6 Å². The van der Waals surface area contributed by atoms with Crippen LogP contribution >= 0.6 is 17.0 Å². The fourth-order valence-corrected chi connectivity index (χ4v) is 18.9. The maximum atomic E-state index is 13.8. The normalized spacial score (nSPS) is 18.5. The average molecular weight is 681 g/mol. The maximum absolute atomic E-state index is 13.8. The summed E-state index contributed by atoms with van der Waals surface area (Å²) in [5, 5.41) is 0. The molecule has 41 heavy (non-hydrogen) atoms. The Hall–Kier alpha value is -2.60. The molecule has 0 aliphatic heterocycles. The van der Waals surface area contributed by atoms with E-state index in [1.165, 1.54) is 0 Å². The van der Waals surface area contributed by atoms with Gasteiger partial charge in [-0.15, -0.1) is 0 Å². The minimum atomic E-state index is -4.98. The zero-order valence-electron chi connectivity index (χ0n) is 21.1. The Morgan fingerprint density at radius 2 is 0.927 bits per heavy atom. The van der Waals surface area contributed by atoms with Gasteiger partial charge in [-0.25, -0.2) is 0 Å². The van der Waals surface area contributed by atoms with Gasteiger partial charge in [0.1, 0.15) is 0 Å². The Morgan fingerprint density at radius 1 is 0.512 bits per heavy atom. The molecule has 4 aromatic carbocycles. The first-order chi connectivity index (χ1) is 19.4. The van der Waals surface area contributed by atoms with Gasteiger partial charge in [0.25, 0.3) is 0 Å². The van der Waals surface area contributed by atoms with Crippen molar-refractivity contribution in [3.8, 4) is 0 Å². The SMILES string of the molecule is FC(F)(F)c1cc(C2=Cc3ccccc3[CH]2[Zr]([Cl])([Cl])[CH]2C(c3ccccc3)=Cc3ccccc32)cc(C(F)(F)F)c1. The number of halogens is 8. The number of fused-ring (bicyclic) bond motifs is 2. The summed E-state index contributed by atoms with van der Waals surface area (Å²) in [4.78, 5) is 0. The first-order valence-electron chi connectivity index (χ1n) is 12.7. The van der Waals surface area contributed by atoms with Crippen LogP contribution in [0.4, 0.5) is 26.3 Å². The first-order valence-corrected chi connectivity index (χ1v) is 21.9. The van der Waals surface area contributed by atoms with Gasteiger partial charge in [-0.3, -0.25) is 0 Å². The molecule has 6 rings (SSSR count). The van der Waals surface area contributed by atoms with Crippen molar-refractivity contribution in [2.75, 3.05) is 0 Å². The van der Waals surface area contributed by atoms with Crippen molar-refractivity contribution in [2.24, 2.45) is 0 Å². The molecule has 0 amide bonds. The number of rotatable bonds is 4. The van der Waals surface area contributed by atoms with Gasteiger partial charge in [-0.1, -0.05) is 0 Å². The van der Waals surface area contributed by atoms with E-state index in [1.54, 1.807) is 24.3 Å². The predicted molar refractivity (Wildman–Crippen MR) is 149 cm³/mol. The summed E-state index contributed by atoms with van der Waals surface area (Å²) >= 11 is -4.74. The van der Waals surface area contributed by atoms with Crippen molar-refractivity contribution in [3.63, 3.8) is 0 Å². The van der Waals surface area contributed by atoms with Crippen LogP contribution in [0.25, 0.3) is 23.3 Å². The van der Waals surface area contributed by atoms with Gasteiger partial charge in [-0.2, -0.15) is 0 Å². The third kappa shape index (κ3) is 5.15. The molecule has 9 heteroatoms. The topological polar surface area (TPSA) is 0 Å². The van der Waals surface area contributed by atoms with Gasteiger partial charge in [0.2, 0.25) is 0 Å². The molecule has 0 saturated heterocycles. The van der Waals surface area contributed by atoms with Gasteiger partial charge in [0, 0.05) is 0 Å². The van der Waals surface area contributed by atoms with Crippen LogP contribution in [0.15, 0.2) is 97.1 Å². The van der Waals surface area contributed by atoms with Crippen molar-refractivity contribution in [1.82, 2.24) is 0 Å². The Balaban J connectivity index is 1.56. The van der Waals surface area contributed by atoms with Crippen LogP contribution in [0, 0.1) is 0 Å². The molecule has 2 aliphatic carbocycles. The third-order valence-electron chi connectivity index (χ3n) is 7.66. The quantitative estimate of drug-likeness (QED) is 0.188. The molecule has 2 atom stereocenters. The van der Waals surface area contributed by atoms with E-state index >= 15 is 0 Å². The van der Waals surface area contributed by atoms with E-state index in [1.807, 2.05) is 66.7 Å². The molecular weight excluding hydrogens is 660 g/mol. The molecule has 0 bridgehead atoms. The molecule has 0 aromatic heterocycles. The van der Waals surface area contributed by atoms with E-state index in [-0.39, 0.29) is 17.2 Å².